The Kier molecular flexibility index (Phi) is 5.08. The first-order valence-electron chi connectivity index (χ1n) is 8.26. The molecule has 1 aliphatic rings. The van der Waals surface area contributed by atoms with E-state index in [1.54, 1.807) is 18.2 Å². The molecule has 8 nitrogen and oxygen atoms in total. The van der Waals surface area contributed by atoms with Gasteiger partial charge in [0.05, 0.1) is 11.5 Å². The van der Waals surface area contributed by atoms with Crippen molar-refractivity contribution in [1.82, 2.24) is 9.97 Å². The monoisotopic (exact) mass is 375 g/mol. The fourth-order valence-corrected chi connectivity index (χ4v) is 4.45. The average Bonchev–Trinajstić information content (AvgIpc) is 2.87. The second kappa shape index (κ2) is 7.28. The van der Waals surface area contributed by atoms with Crippen molar-refractivity contribution in [3.05, 3.63) is 36.0 Å². The molecule has 1 aliphatic heterocycles. The zero-order chi connectivity index (χ0) is 18.7. The van der Waals surface area contributed by atoms with Crippen LogP contribution in [-0.2, 0) is 14.6 Å². The molecular formula is C17H21N5O3S. The van der Waals surface area contributed by atoms with E-state index in [4.69, 9.17) is 0 Å². The van der Waals surface area contributed by atoms with E-state index >= 15 is 0 Å². The number of nitrogens with one attached hydrogen (secondary N) is 3. The van der Waals surface area contributed by atoms with E-state index in [2.05, 4.69) is 25.9 Å². The Bertz CT molecular complexity index is 912. The molecule has 26 heavy (non-hydrogen) atoms. The van der Waals surface area contributed by atoms with E-state index in [1.165, 1.54) is 6.92 Å². The van der Waals surface area contributed by atoms with E-state index in [1.807, 2.05) is 19.1 Å². The lowest BCUT2D eigenvalue weighted by Crippen LogP contribution is -2.22. The minimum Gasteiger partial charge on any atom is -0.350 e. The van der Waals surface area contributed by atoms with Gasteiger partial charge in [0.2, 0.25) is 11.9 Å². The van der Waals surface area contributed by atoms with Crippen molar-refractivity contribution in [1.29, 1.82) is 0 Å². The highest BCUT2D eigenvalue weighted by Crippen LogP contribution is 2.21. The molecule has 0 aliphatic carbocycles. The summed E-state index contributed by atoms with van der Waals surface area (Å²) in [6.45, 7) is 3.31. The van der Waals surface area contributed by atoms with E-state index in [-0.39, 0.29) is 23.5 Å². The minimum absolute atomic E-state index is 0.109. The van der Waals surface area contributed by atoms with Crippen molar-refractivity contribution in [3.8, 4) is 0 Å². The topological polar surface area (TPSA) is 113 Å². The molecule has 1 aromatic carbocycles. The number of nitrogens with zero attached hydrogens (tertiary/aromatic N) is 2. The van der Waals surface area contributed by atoms with Gasteiger partial charge in [0.25, 0.3) is 0 Å². The quantitative estimate of drug-likeness (QED) is 0.733. The molecule has 0 radical (unpaired) electrons. The Morgan fingerprint density at radius 3 is 2.46 bits per heavy atom. The van der Waals surface area contributed by atoms with Crippen LogP contribution in [0.3, 0.4) is 0 Å². The molecule has 1 fully saturated rings. The minimum atomic E-state index is -2.96. The van der Waals surface area contributed by atoms with Crippen LogP contribution in [0.25, 0.3) is 0 Å². The van der Waals surface area contributed by atoms with Crippen LogP contribution < -0.4 is 16.0 Å². The van der Waals surface area contributed by atoms with Crippen LogP contribution in [0.5, 0.6) is 0 Å². The zero-order valence-corrected chi connectivity index (χ0v) is 15.4. The molecule has 0 bridgehead atoms. The third-order valence-corrected chi connectivity index (χ3v) is 5.67. The van der Waals surface area contributed by atoms with Crippen LogP contribution in [0.2, 0.25) is 0 Å². The van der Waals surface area contributed by atoms with Gasteiger partial charge in [-0.05, 0) is 37.6 Å². The zero-order valence-electron chi connectivity index (χ0n) is 14.6. The third-order valence-electron chi connectivity index (χ3n) is 3.90. The largest absolute Gasteiger partial charge is 0.350 e. The molecule has 1 unspecified atom stereocenters. The lowest BCUT2D eigenvalue weighted by molar-refractivity contribution is -0.114. The van der Waals surface area contributed by atoms with Gasteiger partial charge < -0.3 is 16.0 Å². The molecule has 2 aromatic rings. The van der Waals surface area contributed by atoms with Gasteiger partial charge in [0.15, 0.2) is 9.84 Å². The number of amides is 1. The van der Waals surface area contributed by atoms with Gasteiger partial charge >= 0.3 is 0 Å². The number of hydrogen-bond acceptors (Lipinski definition) is 7. The van der Waals surface area contributed by atoms with Crippen molar-refractivity contribution in [2.24, 2.45) is 0 Å². The molecule has 3 rings (SSSR count). The lowest BCUT2D eigenvalue weighted by Gasteiger charge is -2.13. The SMILES string of the molecule is CC(=O)Nc1ccc(Nc2cc(C)nc(NC3CCS(=O)(=O)C3)n2)cc1. The van der Waals surface area contributed by atoms with E-state index in [0.717, 1.165) is 11.4 Å². The third kappa shape index (κ3) is 4.92. The second-order valence-electron chi connectivity index (χ2n) is 6.35. The molecule has 1 amide bonds. The molecule has 9 heteroatoms. The molecule has 1 atom stereocenters. The summed E-state index contributed by atoms with van der Waals surface area (Å²) >= 11 is 0. The summed E-state index contributed by atoms with van der Waals surface area (Å²) in [6, 6.07) is 8.89. The van der Waals surface area contributed by atoms with Crippen LogP contribution in [0.4, 0.5) is 23.1 Å². The van der Waals surface area contributed by atoms with E-state index < -0.39 is 9.84 Å². The van der Waals surface area contributed by atoms with Crippen LogP contribution >= 0.6 is 0 Å². The molecule has 0 spiro atoms. The van der Waals surface area contributed by atoms with Crippen molar-refractivity contribution >= 4 is 38.9 Å². The van der Waals surface area contributed by atoms with Crippen molar-refractivity contribution < 1.29 is 13.2 Å². The Labute approximate surface area is 152 Å². The van der Waals surface area contributed by atoms with Gasteiger partial charge in [0, 0.05) is 36.1 Å². The smallest absolute Gasteiger partial charge is 0.225 e. The number of carbonyl (C=O) groups is 1. The number of hydrogen-bond donors (Lipinski definition) is 3. The van der Waals surface area contributed by atoms with Crippen LogP contribution in [0.15, 0.2) is 30.3 Å². The summed E-state index contributed by atoms with van der Waals surface area (Å²) in [5.74, 6) is 1.19. The highest BCUT2D eigenvalue weighted by Gasteiger charge is 2.28. The standard InChI is InChI=1S/C17H21N5O3S/c1-11-9-16(20-14-5-3-13(4-6-14)19-12(2)23)22-17(18-11)21-15-7-8-26(24,25)10-15/h3-6,9,15H,7-8,10H2,1-2H3,(H,19,23)(H2,18,20,21,22). The first kappa shape index (κ1) is 18.1. The molecule has 0 saturated carbocycles. The molecule has 138 valence electrons. The summed E-state index contributed by atoms with van der Waals surface area (Å²) < 4.78 is 23.2. The molecular weight excluding hydrogens is 354 g/mol. The Morgan fingerprint density at radius 2 is 1.85 bits per heavy atom. The Hall–Kier alpha value is -2.68. The first-order chi connectivity index (χ1) is 12.3. The summed E-state index contributed by atoms with van der Waals surface area (Å²) in [6.07, 6.45) is 0.563. The summed E-state index contributed by atoms with van der Waals surface area (Å²) in [5.41, 5.74) is 2.29. The predicted molar refractivity (Wildman–Crippen MR) is 101 cm³/mol. The fourth-order valence-electron chi connectivity index (χ4n) is 2.78. The van der Waals surface area contributed by atoms with Crippen LogP contribution in [0, 0.1) is 6.92 Å². The number of anilines is 4. The number of aryl methyl sites for hydroxylation is 1. The number of aromatic nitrogens is 2. The van der Waals surface area contributed by atoms with Gasteiger partial charge in [-0.1, -0.05) is 0 Å². The maximum absolute atomic E-state index is 11.6. The van der Waals surface area contributed by atoms with E-state index in [9.17, 15) is 13.2 Å². The van der Waals surface area contributed by atoms with Gasteiger partial charge in [0.1, 0.15) is 5.82 Å². The average molecular weight is 375 g/mol. The highest BCUT2D eigenvalue weighted by molar-refractivity contribution is 7.91. The lowest BCUT2D eigenvalue weighted by atomic mass is 10.2. The maximum Gasteiger partial charge on any atom is 0.225 e. The molecule has 3 N–H and O–H groups in total. The van der Waals surface area contributed by atoms with Crippen molar-refractivity contribution in [2.75, 3.05) is 27.5 Å². The predicted octanol–water partition coefficient (Wildman–Crippen LogP) is 2.09. The van der Waals surface area contributed by atoms with Gasteiger partial charge in [-0.15, -0.1) is 0 Å². The van der Waals surface area contributed by atoms with Crippen LogP contribution in [0.1, 0.15) is 19.0 Å². The first-order valence-corrected chi connectivity index (χ1v) is 10.1. The molecule has 1 aromatic heterocycles. The number of rotatable bonds is 5. The van der Waals surface area contributed by atoms with Crippen molar-refractivity contribution in [3.63, 3.8) is 0 Å². The summed E-state index contributed by atoms with van der Waals surface area (Å²) in [5, 5.41) is 9.00. The normalized spacial score (nSPS) is 18.3. The number of sulfone groups is 1. The molecule has 1 saturated heterocycles. The summed E-state index contributed by atoms with van der Waals surface area (Å²) in [4.78, 5) is 19.8. The van der Waals surface area contributed by atoms with Gasteiger partial charge in [-0.2, -0.15) is 4.98 Å². The van der Waals surface area contributed by atoms with Crippen LogP contribution in [-0.4, -0.2) is 41.8 Å². The van der Waals surface area contributed by atoms with E-state index in [0.29, 0.717) is 23.9 Å². The fraction of sp³-hybridized carbons (Fsp3) is 0.353. The second-order valence-corrected chi connectivity index (χ2v) is 8.57. The number of benzene rings is 1. The Balaban J connectivity index is 1.70. The maximum atomic E-state index is 11.6. The van der Waals surface area contributed by atoms with Gasteiger partial charge in [-0.25, -0.2) is 13.4 Å². The highest BCUT2D eigenvalue weighted by atomic mass is 32.2. The number of carbonyl (C=O) groups excluding carboxylic acids is 1. The Morgan fingerprint density at radius 1 is 1.15 bits per heavy atom. The van der Waals surface area contributed by atoms with Crippen molar-refractivity contribution in [2.45, 2.75) is 26.3 Å². The molecule has 2 heterocycles. The van der Waals surface area contributed by atoms with Gasteiger partial charge in [-0.3, -0.25) is 4.79 Å². The summed E-state index contributed by atoms with van der Waals surface area (Å²) in [7, 11) is -2.96.